The average molecular weight is 206 g/mol. The van der Waals surface area contributed by atoms with E-state index in [2.05, 4.69) is 0 Å². The van der Waals surface area contributed by atoms with Crippen molar-refractivity contribution in [2.45, 2.75) is 13.3 Å². The number of aliphatic hydroxyl groups excluding tert-OH is 1. The molecule has 1 rings (SSSR count). The van der Waals surface area contributed by atoms with Gasteiger partial charge in [-0.2, -0.15) is 0 Å². The van der Waals surface area contributed by atoms with Gasteiger partial charge >= 0.3 is 0 Å². The van der Waals surface area contributed by atoms with Gasteiger partial charge in [0.25, 0.3) is 0 Å². The normalized spacial score (nSPS) is 34.3. The van der Waals surface area contributed by atoms with Crippen LogP contribution in [0.2, 0.25) is 0 Å². The Morgan fingerprint density at radius 1 is 1.62 bits per heavy atom. The van der Waals surface area contributed by atoms with E-state index in [1.54, 1.807) is 6.92 Å². The highest BCUT2D eigenvalue weighted by atomic mass is 32.2. The Bertz CT molecular complexity index is 295. The van der Waals surface area contributed by atoms with Crippen molar-refractivity contribution in [1.82, 2.24) is 0 Å². The molecule has 1 N–H and O–H groups in total. The number of aldehydes is 1. The third kappa shape index (κ3) is 1.91. The zero-order chi connectivity index (χ0) is 10.1. The van der Waals surface area contributed by atoms with Crippen molar-refractivity contribution in [1.29, 1.82) is 0 Å². The maximum absolute atomic E-state index is 11.2. The summed E-state index contributed by atoms with van der Waals surface area (Å²) in [5.41, 5.74) is -0.840. The molecule has 0 saturated carbocycles. The molecule has 1 heterocycles. The molecule has 5 heteroatoms. The van der Waals surface area contributed by atoms with Crippen LogP contribution in [0.4, 0.5) is 0 Å². The van der Waals surface area contributed by atoms with E-state index >= 15 is 0 Å². The van der Waals surface area contributed by atoms with Crippen molar-refractivity contribution in [3.05, 3.63) is 0 Å². The molecule has 0 aliphatic carbocycles. The first-order chi connectivity index (χ1) is 5.96. The van der Waals surface area contributed by atoms with Gasteiger partial charge in [0.05, 0.1) is 11.5 Å². The van der Waals surface area contributed by atoms with E-state index in [1.807, 2.05) is 0 Å². The molecule has 1 aliphatic heterocycles. The van der Waals surface area contributed by atoms with Crippen LogP contribution in [0.3, 0.4) is 0 Å². The predicted molar refractivity (Wildman–Crippen MR) is 48.0 cm³/mol. The minimum Gasteiger partial charge on any atom is -0.396 e. The number of carbonyl (C=O) groups excluding carboxylic acids is 1. The third-order valence-electron chi connectivity index (χ3n) is 2.86. The smallest absolute Gasteiger partial charge is 0.151 e. The number of hydrogen-bond acceptors (Lipinski definition) is 4. The molecule has 0 amide bonds. The van der Waals surface area contributed by atoms with Gasteiger partial charge in [-0.05, 0) is 12.3 Å². The van der Waals surface area contributed by atoms with Gasteiger partial charge in [-0.1, -0.05) is 6.92 Å². The summed E-state index contributed by atoms with van der Waals surface area (Å²) in [5, 5.41) is 8.91. The van der Waals surface area contributed by atoms with E-state index in [4.69, 9.17) is 5.11 Å². The Morgan fingerprint density at radius 3 is 2.54 bits per heavy atom. The van der Waals surface area contributed by atoms with Crippen molar-refractivity contribution < 1.29 is 18.3 Å². The molecule has 1 saturated heterocycles. The van der Waals surface area contributed by atoms with E-state index in [9.17, 15) is 13.2 Å². The number of sulfone groups is 1. The summed E-state index contributed by atoms with van der Waals surface area (Å²) in [6.07, 6.45) is 1.04. The number of hydrogen-bond donors (Lipinski definition) is 1. The Labute approximate surface area is 77.9 Å². The summed E-state index contributed by atoms with van der Waals surface area (Å²) in [5.74, 6) is -0.316. The molecule has 2 atom stereocenters. The van der Waals surface area contributed by atoms with Gasteiger partial charge in [-0.15, -0.1) is 0 Å². The van der Waals surface area contributed by atoms with E-state index in [0.29, 0.717) is 12.7 Å². The predicted octanol–water partition coefficient (Wildman–Crippen LogP) is -0.381. The number of rotatable bonds is 3. The summed E-state index contributed by atoms with van der Waals surface area (Å²) < 4.78 is 22.4. The molecule has 0 radical (unpaired) electrons. The summed E-state index contributed by atoms with van der Waals surface area (Å²) in [6.45, 7) is 1.56. The number of carbonyl (C=O) groups is 1. The molecule has 2 unspecified atom stereocenters. The van der Waals surface area contributed by atoms with Gasteiger partial charge in [0.15, 0.2) is 9.84 Å². The van der Waals surface area contributed by atoms with Crippen molar-refractivity contribution in [3.8, 4) is 0 Å². The standard InChI is InChI=1S/C8H14O4S/c1-7(4-9)8(5-10)2-3-13(11,12)6-8/h5,7,9H,2-4,6H2,1H3. The molecule has 4 nitrogen and oxygen atoms in total. The summed E-state index contributed by atoms with van der Waals surface area (Å²) in [7, 11) is -3.06. The minimum absolute atomic E-state index is 0.0656. The van der Waals surface area contributed by atoms with Crippen LogP contribution in [0.25, 0.3) is 0 Å². The lowest BCUT2D eigenvalue weighted by molar-refractivity contribution is -0.118. The quantitative estimate of drug-likeness (QED) is 0.639. The van der Waals surface area contributed by atoms with Crippen LogP contribution < -0.4 is 0 Å². The first-order valence-electron chi connectivity index (χ1n) is 4.23. The van der Waals surface area contributed by atoms with Crippen LogP contribution in [-0.2, 0) is 14.6 Å². The summed E-state index contributed by atoms with van der Waals surface area (Å²) in [4.78, 5) is 10.8. The molecule has 76 valence electrons. The van der Waals surface area contributed by atoms with Crippen LogP contribution in [0.15, 0.2) is 0 Å². The highest BCUT2D eigenvalue weighted by Crippen LogP contribution is 2.37. The maximum atomic E-state index is 11.2. The van der Waals surface area contributed by atoms with Crippen molar-refractivity contribution >= 4 is 16.1 Å². The molecule has 0 aromatic heterocycles. The van der Waals surface area contributed by atoms with Crippen LogP contribution in [-0.4, -0.2) is 37.9 Å². The molecule has 1 aliphatic rings. The largest absolute Gasteiger partial charge is 0.396 e. The Hall–Kier alpha value is -0.420. The van der Waals surface area contributed by atoms with E-state index in [0.717, 1.165) is 0 Å². The second-order valence-corrected chi connectivity index (χ2v) is 5.96. The molecule has 0 spiro atoms. The van der Waals surface area contributed by atoms with Crippen LogP contribution in [0.1, 0.15) is 13.3 Å². The van der Waals surface area contributed by atoms with Gasteiger partial charge in [0.1, 0.15) is 6.29 Å². The van der Waals surface area contributed by atoms with Gasteiger partial charge < -0.3 is 9.90 Å². The topological polar surface area (TPSA) is 71.4 Å². The molecule has 0 bridgehead atoms. The molecule has 0 aromatic rings. The van der Waals surface area contributed by atoms with Gasteiger partial charge in [0.2, 0.25) is 0 Å². The second-order valence-electron chi connectivity index (χ2n) is 3.78. The number of aliphatic hydroxyl groups is 1. The molecular weight excluding hydrogens is 192 g/mol. The van der Waals surface area contributed by atoms with Crippen molar-refractivity contribution in [2.75, 3.05) is 18.1 Å². The first-order valence-corrected chi connectivity index (χ1v) is 6.05. The zero-order valence-electron chi connectivity index (χ0n) is 7.56. The van der Waals surface area contributed by atoms with Gasteiger partial charge in [0, 0.05) is 12.0 Å². The van der Waals surface area contributed by atoms with Crippen molar-refractivity contribution in [3.63, 3.8) is 0 Å². The van der Waals surface area contributed by atoms with Crippen LogP contribution in [0, 0.1) is 11.3 Å². The minimum atomic E-state index is -3.06. The summed E-state index contributed by atoms with van der Waals surface area (Å²) in [6, 6.07) is 0. The highest BCUT2D eigenvalue weighted by Gasteiger charge is 2.45. The van der Waals surface area contributed by atoms with Crippen LogP contribution >= 0.6 is 0 Å². The second kappa shape index (κ2) is 3.38. The van der Waals surface area contributed by atoms with E-state index in [1.165, 1.54) is 0 Å². The molecule has 13 heavy (non-hydrogen) atoms. The van der Waals surface area contributed by atoms with Gasteiger partial charge in [-0.3, -0.25) is 0 Å². The fourth-order valence-electron chi connectivity index (χ4n) is 1.68. The first kappa shape index (κ1) is 10.7. The van der Waals surface area contributed by atoms with E-state index in [-0.39, 0.29) is 24.0 Å². The molecular formula is C8H14O4S. The Kier molecular flexibility index (Phi) is 2.77. The Balaban J connectivity index is 2.92. The van der Waals surface area contributed by atoms with E-state index < -0.39 is 15.3 Å². The van der Waals surface area contributed by atoms with Gasteiger partial charge in [-0.25, -0.2) is 8.42 Å². The van der Waals surface area contributed by atoms with Crippen LogP contribution in [0.5, 0.6) is 0 Å². The lowest BCUT2D eigenvalue weighted by atomic mass is 9.78. The zero-order valence-corrected chi connectivity index (χ0v) is 8.38. The van der Waals surface area contributed by atoms with Crippen molar-refractivity contribution in [2.24, 2.45) is 11.3 Å². The SMILES string of the molecule is CC(CO)C1(C=O)CCS(=O)(=O)C1. The lowest BCUT2D eigenvalue weighted by Crippen LogP contribution is -2.34. The lowest BCUT2D eigenvalue weighted by Gasteiger charge is -2.26. The molecule has 0 aromatic carbocycles. The fraction of sp³-hybridized carbons (Fsp3) is 0.875. The third-order valence-corrected chi connectivity index (χ3v) is 4.66. The Morgan fingerprint density at radius 2 is 2.23 bits per heavy atom. The molecule has 1 fully saturated rings. The maximum Gasteiger partial charge on any atom is 0.151 e. The fourth-order valence-corrected chi connectivity index (χ4v) is 3.83. The highest BCUT2D eigenvalue weighted by molar-refractivity contribution is 7.91. The average Bonchev–Trinajstić information content (AvgIpc) is 2.41. The monoisotopic (exact) mass is 206 g/mol. The summed E-state index contributed by atoms with van der Waals surface area (Å²) >= 11 is 0.